The molecule has 9 heteroatoms. The largest absolute Gasteiger partial charge is 0.497 e. The monoisotopic (exact) mass is 433 g/mol. The van der Waals surface area contributed by atoms with Crippen molar-refractivity contribution in [3.8, 4) is 5.75 Å². The molecular formula is C20H23N3O4S2. The third-order valence-electron chi connectivity index (χ3n) is 4.24. The first-order valence-corrected chi connectivity index (χ1v) is 11.9. The van der Waals surface area contributed by atoms with Gasteiger partial charge < -0.3 is 4.74 Å². The van der Waals surface area contributed by atoms with Crippen LogP contribution in [0, 0.1) is 0 Å². The fourth-order valence-electron chi connectivity index (χ4n) is 2.80. The van der Waals surface area contributed by atoms with Crippen LogP contribution in [0.4, 0.5) is 0 Å². The Bertz CT molecular complexity index is 1140. The Morgan fingerprint density at radius 3 is 2.55 bits per heavy atom. The molecular weight excluding hydrogens is 410 g/mol. The van der Waals surface area contributed by atoms with Crippen LogP contribution >= 0.6 is 11.8 Å². The molecule has 0 fully saturated rings. The van der Waals surface area contributed by atoms with E-state index in [-0.39, 0.29) is 5.56 Å². The molecule has 1 aromatic heterocycles. The zero-order valence-electron chi connectivity index (χ0n) is 16.3. The van der Waals surface area contributed by atoms with Crippen molar-refractivity contribution in [2.75, 3.05) is 25.7 Å². The van der Waals surface area contributed by atoms with Gasteiger partial charge in [-0.1, -0.05) is 36.0 Å². The Hall–Kier alpha value is -2.36. The van der Waals surface area contributed by atoms with Crippen molar-refractivity contribution in [3.63, 3.8) is 0 Å². The summed E-state index contributed by atoms with van der Waals surface area (Å²) in [6.45, 7) is 0.743. The number of benzene rings is 2. The highest BCUT2D eigenvalue weighted by Gasteiger charge is 2.12. The second kappa shape index (κ2) is 9.43. The van der Waals surface area contributed by atoms with Crippen LogP contribution in [0.15, 0.2) is 58.5 Å². The second-order valence-electron chi connectivity index (χ2n) is 6.52. The SMILES string of the molecule is COc1ccc(Cn2c(SCCCNS(C)(=O)=O)nc3ccccc3c2=O)cc1. The fraction of sp³-hybridized carbons (Fsp3) is 0.300. The number of para-hydroxylation sites is 1. The smallest absolute Gasteiger partial charge is 0.262 e. The van der Waals surface area contributed by atoms with Gasteiger partial charge in [0.25, 0.3) is 5.56 Å². The van der Waals surface area contributed by atoms with Gasteiger partial charge in [-0.25, -0.2) is 18.1 Å². The van der Waals surface area contributed by atoms with Gasteiger partial charge in [0, 0.05) is 12.3 Å². The summed E-state index contributed by atoms with van der Waals surface area (Å²) in [5.74, 6) is 1.39. The molecule has 0 aliphatic rings. The van der Waals surface area contributed by atoms with Crippen LogP contribution in [0.3, 0.4) is 0 Å². The molecule has 0 saturated carbocycles. The lowest BCUT2D eigenvalue weighted by Gasteiger charge is -2.13. The highest BCUT2D eigenvalue weighted by Crippen LogP contribution is 2.20. The minimum absolute atomic E-state index is 0.0943. The molecule has 0 amide bonds. The number of fused-ring (bicyclic) bond motifs is 1. The van der Waals surface area contributed by atoms with E-state index in [1.165, 1.54) is 11.8 Å². The standard InChI is InChI=1S/C20H23N3O4S2/c1-27-16-10-8-15(9-11-16)14-23-19(24)17-6-3-4-7-18(17)22-20(23)28-13-5-12-21-29(2,25)26/h3-4,6-11,21H,5,12-14H2,1-2H3. The van der Waals surface area contributed by atoms with Gasteiger partial charge in [-0.05, 0) is 36.2 Å². The summed E-state index contributed by atoms with van der Waals surface area (Å²) in [5, 5.41) is 1.19. The van der Waals surface area contributed by atoms with E-state index in [1.54, 1.807) is 17.7 Å². The van der Waals surface area contributed by atoms with Crippen LogP contribution in [0.25, 0.3) is 10.9 Å². The number of sulfonamides is 1. The van der Waals surface area contributed by atoms with Crippen LogP contribution in [0.1, 0.15) is 12.0 Å². The van der Waals surface area contributed by atoms with Crippen molar-refractivity contribution in [2.24, 2.45) is 0 Å². The zero-order valence-corrected chi connectivity index (χ0v) is 17.9. The number of hydrogen-bond donors (Lipinski definition) is 1. The number of rotatable bonds is 9. The van der Waals surface area contributed by atoms with E-state index in [0.717, 1.165) is 17.6 Å². The first kappa shape index (κ1) is 21.4. The molecule has 0 atom stereocenters. The lowest BCUT2D eigenvalue weighted by Crippen LogP contribution is -2.25. The summed E-state index contributed by atoms with van der Waals surface area (Å²) in [6.07, 6.45) is 1.76. The van der Waals surface area contributed by atoms with Gasteiger partial charge >= 0.3 is 0 Å². The summed E-state index contributed by atoms with van der Waals surface area (Å²) in [4.78, 5) is 17.8. The van der Waals surface area contributed by atoms with E-state index in [0.29, 0.717) is 41.3 Å². The Morgan fingerprint density at radius 1 is 1.14 bits per heavy atom. The fourth-order valence-corrected chi connectivity index (χ4v) is 4.26. The number of thioether (sulfide) groups is 1. The molecule has 0 spiro atoms. The molecule has 1 N–H and O–H groups in total. The third-order valence-corrected chi connectivity index (χ3v) is 6.03. The van der Waals surface area contributed by atoms with Crippen molar-refractivity contribution < 1.29 is 13.2 Å². The van der Waals surface area contributed by atoms with E-state index < -0.39 is 10.0 Å². The third kappa shape index (κ3) is 5.81. The van der Waals surface area contributed by atoms with Crippen molar-refractivity contribution in [1.82, 2.24) is 14.3 Å². The van der Waals surface area contributed by atoms with Crippen molar-refractivity contribution in [2.45, 2.75) is 18.1 Å². The average Bonchev–Trinajstić information content (AvgIpc) is 2.70. The summed E-state index contributed by atoms with van der Waals surface area (Å²) in [5.41, 5.74) is 1.52. The highest BCUT2D eigenvalue weighted by atomic mass is 32.2. The van der Waals surface area contributed by atoms with Crippen molar-refractivity contribution in [1.29, 1.82) is 0 Å². The summed E-state index contributed by atoms with van der Waals surface area (Å²) in [6, 6.07) is 14.8. The van der Waals surface area contributed by atoms with E-state index in [2.05, 4.69) is 9.71 Å². The molecule has 0 radical (unpaired) electrons. The van der Waals surface area contributed by atoms with Gasteiger partial charge in [0.1, 0.15) is 5.75 Å². The molecule has 154 valence electrons. The van der Waals surface area contributed by atoms with Crippen LogP contribution < -0.4 is 15.0 Å². The second-order valence-corrected chi connectivity index (χ2v) is 9.41. The lowest BCUT2D eigenvalue weighted by atomic mass is 10.2. The Kier molecular flexibility index (Phi) is 6.94. The van der Waals surface area contributed by atoms with Gasteiger partial charge in [-0.2, -0.15) is 0 Å². The quantitative estimate of drug-likeness (QED) is 0.317. The zero-order chi connectivity index (χ0) is 20.9. The minimum Gasteiger partial charge on any atom is -0.497 e. The maximum atomic E-state index is 13.1. The maximum absolute atomic E-state index is 13.1. The molecule has 7 nitrogen and oxygen atoms in total. The summed E-state index contributed by atoms with van der Waals surface area (Å²) < 4.78 is 31.7. The number of ether oxygens (including phenoxy) is 1. The molecule has 3 rings (SSSR count). The molecule has 0 aliphatic carbocycles. The topological polar surface area (TPSA) is 90.3 Å². The molecule has 3 aromatic rings. The molecule has 2 aromatic carbocycles. The number of aromatic nitrogens is 2. The van der Waals surface area contributed by atoms with Crippen LogP contribution in [-0.2, 0) is 16.6 Å². The molecule has 0 aliphatic heterocycles. The van der Waals surface area contributed by atoms with Gasteiger partial charge in [-0.3, -0.25) is 9.36 Å². The van der Waals surface area contributed by atoms with Gasteiger partial charge in [0.05, 0.1) is 30.8 Å². The molecule has 0 unspecified atom stereocenters. The molecule has 1 heterocycles. The first-order chi connectivity index (χ1) is 13.9. The number of methoxy groups -OCH3 is 1. The lowest BCUT2D eigenvalue weighted by molar-refractivity contribution is 0.414. The van der Waals surface area contributed by atoms with Crippen molar-refractivity contribution in [3.05, 3.63) is 64.4 Å². The van der Waals surface area contributed by atoms with Crippen LogP contribution in [0.2, 0.25) is 0 Å². The normalized spacial score (nSPS) is 11.7. The van der Waals surface area contributed by atoms with Gasteiger partial charge in [0.15, 0.2) is 5.16 Å². The van der Waals surface area contributed by atoms with E-state index in [9.17, 15) is 13.2 Å². The predicted molar refractivity (Wildman–Crippen MR) is 116 cm³/mol. The van der Waals surface area contributed by atoms with Gasteiger partial charge in [0.2, 0.25) is 10.0 Å². The Labute approximate surface area is 174 Å². The highest BCUT2D eigenvalue weighted by molar-refractivity contribution is 7.99. The average molecular weight is 434 g/mol. The summed E-state index contributed by atoms with van der Waals surface area (Å²) in [7, 11) is -1.59. The predicted octanol–water partition coefficient (Wildman–Crippen LogP) is 2.48. The summed E-state index contributed by atoms with van der Waals surface area (Å²) >= 11 is 1.45. The minimum atomic E-state index is -3.20. The van der Waals surface area contributed by atoms with E-state index in [4.69, 9.17) is 4.74 Å². The molecule has 29 heavy (non-hydrogen) atoms. The van der Waals surface area contributed by atoms with Crippen LogP contribution in [-0.4, -0.2) is 43.6 Å². The van der Waals surface area contributed by atoms with Crippen LogP contribution in [0.5, 0.6) is 5.75 Å². The number of nitrogens with zero attached hydrogens (tertiary/aromatic N) is 2. The first-order valence-electron chi connectivity index (χ1n) is 9.07. The number of hydrogen-bond acceptors (Lipinski definition) is 6. The van der Waals surface area contributed by atoms with E-state index >= 15 is 0 Å². The van der Waals surface area contributed by atoms with Crippen molar-refractivity contribution >= 4 is 32.7 Å². The maximum Gasteiger partial charge on any atom is 0.262 e. The van der Waals surface area contributed by atoms with E-state index in [1.807, 2.05) is 42.5 Å². The molecule has 0 saturated heterocycles. The Morgan fingerprint density at radius 2 is 1.86 bits per heavy atom. The molecule has 0 bridgehead atoms. The Balaban J connectivity index is 1.85. The number of nitrogens with one attached hydrogen (secondary N) is 1. The van der Waals surface area contributed by atoms with Gasteiger partial charge in [-0.15, -0.1) is 0 Å².